The van der Waals surface area contributed by atoms with Crippen LogP contribution in [0.25, 0.3) is 11.1 Å². The maximum absolute atomic E-state index is 11.8. The summed E-state index contributed by atoms with van der Waals surface area (Å²) in [5.41, 5.74) is 7.05. The minimum absolute atomic E-state index is 0.233. The van der Waals surface area contributed by atoms with E-state index in [1.165, 1.54) is 10.9 Å². The van der Waals surface area contributed by atoms with Gasteiger partial charge in [0.1, 0.15) is 5.82 Å². The average Bonchev–Trinajstić information content (AvgIpc) is 2.59. The summed E-state index contributed by atoms with van der Waals surface area (Å²) >= 11 is 3.36. The van der Waals surface area contributed by atoms with Gasteiger partial charge in [0.2, 0.25) is 0 Å². The van der Waals surface area contributed by atoms with Crippen LogP contribution >= 0.6 is 15.9 Å². The lowest BCUT2D eigenvalue weighted by Gasteiger charge is -2.09. The van der Waals surface area contributed by atoms with Crippen molar-refractivity contribution in [1.29, 1.82) is 0 Å². The topological polar surface area (TPSA) is 78.0 Å². The van der Waals surface area contributed by atoms with Crippen molar-refractivity contribution < 1.29 is 8.42 Å². The quantitative estimate of drug-likeness (QED) is 0.911. The molecule has 1 aromatic heterocycles. The number of anilines is 1. The van der Waals surface area contributed by atoms with Gasteiger partial charge in [-0.15, -0.1) is 0 Å². The summed E-state index contributed by atoms with van der Waals surface area (Å²) in [7, 11) is -1.63. The van der Waals surface area contributed by atoms with E-state index in [0.717, 1.165) is 0 Å². The number of sulfone groups is 1. The SMILES string of the molecule is Cn1ncc(-c2c(Br)cccc2S(C)(=O)=O)c1N. The van der Waals surface area contributed by atoms with Crippen LogP contribution in [0.5, 0.6) is 0 Å². The van der Waals surface area contributed by atoms with Gasteiger partial charge < -0.3 is 5.73 Å². The highest BCUT2D eigenvalue weighted by Gasteiger charge is 2.20. The number of benzene rings is 1. The highest BCUT2D eigenvalue weighted by molar-refractivity contribution is 9.10. The highest BCUT2D eigenvalue weighted by atomic mass is 79.9. The molecule has 2 rings (SSSR count). The van der Waals surface area contributed by atoms with E-state index in [-0.39, 0.29) is 4.90 Å². The van der Waals surface area contributed by atoms with Gasteiger partial charge in [0.15, 0.2) is 9.84 Å². The van der Waals surface area contributed by atoms with Gasteiger partial charge in [-0.1, -0.05) is 22.0 Å². The molecule has 0 atom stereocenters. The molecule has 0 aliphatic carbocycles. The number of nitrogens with two attached hydrogens (primary N) is 1. The number of nitrogens with zero attached hydrogens (tertiary/aromatic N) is 2. The molecule has 5 nitrogen and oxygen atoms in total. The lowest BCUT2D eigenvalue weighted by Crippen LogP contribution is -2.02. The molecule has 0 amide bonds. The maximum atomic E-state index is 11.8. The van der Waals surface area contributed by atoms with Gasteiger partial charge in [-0.2, -0.15) is 5.10 Å². The van der Waals surface area contributed by atoms with Gasteiger partial charge in [0.25, 0.3) is 0 Å². The van der Waals surface area contributed by atoms with Crippen LogP contribution in [0.1, 0.15) is 0 Å². The zero-order valence-corrected chi connectivity index (χ0v) is 12.3. The first-order valence-corrected chi connectivity index (χ1v) is 7.77. The molecule has 0 spiro atoms. The summed E-state index contributed by atoms with van der Waals surface area (Å²) in [5.74, 6) is 0.423. The van der Waals surface area contributed by atoms with Gasteiger partial charge in [-0.25, -0.2) is 8.42 Å². The minimum atomic E-state index is -3.33. The van der Waals surface area contributed by atoms with Gasteiger partial charge in [0, 0.05) is 28.9 Å². The molecule has 0 bridgehead atoms. The molecule has 0 radical (unpaired) electrons. The van der Waals surface area contributed by atoms with Crippen molar-refractivity contribution in [2.75, 3.05) is 12.0 Å². The molecule has 0 saturated carbocycles. The van der Waals surface area contributed by atoms with Crippen molar-refractivity contribution in [1.82, 2.24) is 9.78 Å². The second-order valence-electron chi connectivity index (χ2n) is 3.95. The number of hydrogen-bond acceptors (Lipinski definition) is 4. The van der Waals surface area contributed by atoms with Crippen molar-refractivity contribution in [3.05, 3.63) is 28.9 Å². The lowest BCUT2D eigenvalue weighted by atomic mass is 10.1. The van der Waals surface area contributed by atoms with E-state index in [0.29, 0.717) is 21.4 Å². The summed E-state index contributed by atoms with van der Waals surface area (Å²) in [4.78, 5) is 0.233. The highest BCUT2D eigenvalue weighted by Crippen LogP contribution is 2.36. The molecular weight excluding hydrogens is 318 g/mol. The normalized spacial score (nSPS) is 11.7. The summed E-state index contributed by atoms with van der Waals surface area (Å²) in [6, 6.07) is 5.01. The number of rotatable bonds is 2. The Labute approximate surface area is 114 Å². The number of halogens is 1. The average molecular weight is 330 g/mol. The molecule has 1 aromatic carbocycles. The molecule has 7 heteroatoms. The van der Waals surface area contributed by atoms with Crippen molar-refractivity contribution in [2.24, 2.45) is 7.05 Å². The number of aryl methyl sites for hydroxylation is 1. The van der Waals surface area contributed by atoms with E-state index >= 15 is 0 Å². The molecule has 0 fully saturated rings. The summed E-state index contributed by atoms with van der Waals surface area (Å²) < 4.78 is 25.8. The molecule has 1 heterocycles. The monoisotopic (exact) mass is 329 g/mol. The molecule has 96 valence electrons. The Balaban J connectivity index is 2.83. The van der Waals surface area contributed by atoms with Crippen molar-refractivity contribution in [2.45, 2.75) is 4.90 Å². The smallest absolute Gasteiger partial charge is 0.176 e. The molecule has 0 unspecified atom stereocenters. The molecule has 2 aromatic rings. The van der Waals surface area contributed by atoms with Crippen LogP contribution in [-0.2, 0) is 16.9 Å². The first kappa shape index (κ1) is 13.1. The van der Waals surface area contributed by atoms with Crippen molar-refractivity contribution in [3.8, 4) is 11.1 Å². The maximum Gasteiger partial charge on any atom is 0.176 e. The van der Waals surface area contributed by atoms with Crippen LogP contribution in [0.2, 0.25) is 0 Å². The second-order valence-corrected chi connectivity index (χ2v) is 6.79. The standard InChI is InChI=1S/C11H12BrN3O2S/c1-15-11(13)7(6-14-15)10-8(12)4-3-5-9(10)18(2,16)17/h3-6H,13H2,1-2H3. The predicted octanol–water partition coefficient (Wildman–Crippen LogP) is 1.84. The summed E-state index contributed by atoms with van der Waals surface area (Å²) in [6.07, 6.45) is 2.73. The van der Waals surface area contributed by atoms with Crippen molar-refractivity contribution in [3.63, 3.8) is 0 Å². The second kappa shape index (κ2) is 4.40. The van der Waals surface area contributed by atoms with Gasteiger partial charge in [0.05, 0.1) is 11.1 Å². The number of hydrogen-bond donors (Lipinski definition) is 1. The van der Waals surface area contributed by atoms with E-state index in [1.807, 2.05) is 0 Å². The number of aromatic nitrogens is 2. The van der Waals surface area contributed by atoms with E-state index < -0.39 is 9.84 Å². The Kier molecular flexibility index (Phi) is 3.20. The fourth-order valence-electron chi connectivity index (χ4n) is 1.71. The Morgan fingerprint density at radius 1 is 1.39 bits per heavy atom. The van der Waals surface area contributed by atoms with Crippen LogP contribution in [0, 0.1) is 0 Å². The van der Waals surface area contributed by atoms with Crippen LogP contribution in [-0.4, -0.2) is 24.5 Å². The summed E-state index contributed by atoms with van der Waals surface area (Å²) in [6.45, 7) is 0. The number of nitrogen functional groups attached to an aromatic ring is 1. The third kappa shape index (κ3) is 2.15. The zero-order valence-electron chi connectivity index (χ0n) is 9.88. The van der Waals surface area contributed by atoms with Crippen LogP contribution in [0.15, 0.2) is 33.8 Å². The van der Waals surface area contributed by atoms with E-state index in [1.54, 1.807) is 31.4 Å². The van der Waals surface area contributed by atoms with Crippen molar-refractivity contribution >= 4 is 31.6 Å². The molecule has 0 aliphatic rings. The van der Waals surface area contributed by atoms with E-state index in [4.69, 9.17) is 5.73 Å². The fourth-order valence-corrected chi connectivity index (χ4v) is 3.34. The molecular formula is C11H12BrN3O2S. The Morgan fingerprint density at radius 3 is 2.56 bits per heavy atom. The van der Waals surface area contributed by atoms with Crippen LogP contribution in [0.3, 0.4) is 0 Å². The first-order valence-electron chi connectivity index (χ1n) is 5.09. The fraction of sp³-hybridized carbons (Fsp3) is 0.182. The lowest BCUT2D eigenvalue weighted by molar-refractivity contribution is 0.602. The molecule has 18 heavy (non-hydrogen) atoms. The molecule has 0 aliphatic heterocycles. The first-order chi connectivity index (χ1) is 8.32. The Morgan fingerprint density at radius 2 is 2.06 bits per heavy atom. The van der Waals surface area contributed by atoms with E-state index in [2.05, 4.69) is 21.0 Å². The van der Waals surface area contributed by atoms with Gasteiger partial charge >= 0.3 is 0 Å². The van der Waals surface area contributed by atoms with Crippen LogP contribution < -0.4 is 5.73 Å². The van der Waals surface area contributed by atoms with Gasteiger partial charge in [-0.3, -0.25) is 4.68 Å². The Bertz CT molecular complexity index is 707. The third-order valence-electron chi connectivity index (χ3n) is 2.63. The predicted molar refractivity (Wildman–Crippen MR) is 73.9 cm³/mol. The minimum Gasteiger partial charge on any atom is -0.383 e. The summed E-state index contributed by atoms with van der Waals surface area (Å²) in [5, 5.41) is 4.03. The Hall–Kier alpha value is -1.34. The molecule has 2 N–H and O–H groups in total. The van der Waals surface area contributed by atoms with Gasteiger partial charge in [-0.05, 0) is 12.1 Å². The van der Waals surface area contributed by atoms with E-state index in [9.17, 15) is 8.42 Å². The largest absolute Gasteiger partial charge is 0.383 e. The molecule has 0 saturated heterocycles. The van der Waals surface area contributed by atoms with Crippen LogP contribution in [0.4, 0.5) is 5.82 Å². The zero-order chi connectivity index (χ0) is 13.5. The third-order valence-corrected chi connectivity index (χ3v) is 4.43.